The van der Waals surface area contributed by atoms with E-state index in [0.29, 0.717) is 10.7 Å². The minimum Gasteiger partial charge on any atom is -0.444 e. The molecule has 0 spiro atoms. The average molecular weight is 260 g/mol. The van der Waals surface area contributed by atoms with Crippen molar-refractivity contribution in [1.29, 1.82) is 0 Å². The lowest BCUT2D eigenvalue weighted by Crippen LogP contribution is -2.07. The Kier molecular flexibility index (Phi) is 2.52. The molecule has 3 heterocycles. The molecule has 0 radical (unpaired) electrons. The van der Waals surface area contributed by atoms with Gasteiger partial charge in [0, 0.05) is 6.20 Å². The van der Waals surface area contributed by atoms with Gasteiger partial charge in [0.2, 0.25) is 5.89 Å². The van der Waals surface area contributed by atoms with E-state index in [-0.39, 0.29) is 6.04 Å². The maximum absolute atomic E-state index is 5.55. The van der Waals surface area contributed by atoms with Crippen molar-refractivity contribution in [2.24, 2.45) is 0 Å². The number of hydrogen-bond acceptors (Lipinski definition) is 4. The number of aromatic amines is 1. The summed E-state index contributed by atoms with van der Waals surface area (Å²) in [4.78, 5) is 11.7. The highest BCUT2D eigenvalue weighted by Gasteiger charge is 2.17. The third-order valence-corrected chi connectivity index (χ3v) is 3.16. The fourth-order valence-corrected chi connectivity index (χ4v) is 2.35. The first-order valence-electron chi connectivity index (χ1n) is 5.64. The third kappa shape index (κ3) is 1.65. The molecule has 0 aliphatic heterocycles. The highest BCUT2D eigenvalue weighted by atomic mass is 32.1. The molecule has 0 aromatic carbocycles. The SMILES string of the molecule is Cc1cnc(C(C)n2c(=S)[nH]c3cccnc32)o1. The van der Waals surface area contributed by atoms with Crippen molar-refractivity contribution in [3.8, 4) is 0 Å². The third-order valence-electron chi connectivity index (χ3n) is 2.86. The Morgan fingerprint density at radius 3 is 3.00 bits per heavy atom. The predicted octanol–water partition coefficient (Wildman–Crippen LogP) is 3.00. The lowest BCUT2D eigenvalue weighted by Gasteiger charge is -2.09. The maximum Gasteiger partial charge on any atom is 0.217 e. The zero-order chi connectivity index (χ0) is 12.7. The van der Waals surface area contributed by atoms with E-state index < -0.39 is 0 Å². The molecule has 1 atom stereocenters. The fraction of sp³-hybridized carbons (Fsp3) is 0.250. The summed E-state index contributed by atoms with van der Waals surface area (Å²) in [5.74, 6) is 1.42. The number of aromatic nitrogens is 4. The van der Waals surface area contributed by atoms with Crippen molar-refractivity contribution < 1.29 is 4.42 Å². The van der Waals surface area contributed by atoms with Crippen LogP contribution in [0.15, 0.2) is 28.9 Å². The lowest BCUT2D eigenvalue weighted by molar-refractivity contribution is 0.417. The van der Waals surface area contributed by atoms with Crippen LogP contribution in [-0.2, 0) is 0 Å². The molecule has 0 bridgehead atoms. The Morgan fingerprint density at radius 1 is 1.44 bits per heavy atom. The molecule has 0 amide bonds. The maximum atomic E-state index is 5.55. The number of rotatable bonds is 2. The molecule has 0 saturated carbocycles. The van der Waals surface area contributed by atoms with Crippen LogP contribution in [0.25, 0.3) is 11.2 Å². The van der Waals surface area contributed by atoms with Gasteiger partial charge in [-0.3, -0.25) is 4.57 Å². The van der Waals surface area contributed by atoms with Crippen LogP contribution in [0.5, 0.6) is 0 Å². The second-order valence-electron chi connectivity index (χ2n) is 4.16. The quantitative estimate of drug-likeness (QED) is 0.719. The molecule has 1 unspecified atom stereocenters. The standard InChI is InChI=1S/C12H12N4OS/c1-7-6-14-11(17-7)8(2)16-10-9(15-12(16)18)4-3-5-13-10/h3-6,8H,1-2H3,(H,15,18). The average Bonchev–Trinajstić information content (AvgIpc) is 2.91. The summed E-state index contributed by atoms with van der Waals surface area (Å²) in [5, 5.41) is 0. The topological polar surface area (TPSA) is 59.6 Å². The van der Waals surface area contributed by atoms with Gasteiger partial charge in [0.25, 0.3) is 0 Å². The van der Waals surface area contributed by atoms with E-state index in [0.717, 1.165) is 16.9 Å². The second-order valence-corrected chi connectivity index (χ2v) is 4.55. The molecule has 0 aliphatic rings. The van der Waals surface area contributed by atoms with E-state index in [1.165, 1.54) is 0 Å². The molecule has 6 heteroatoms. The monoisotopic (exact) mass is 260 g/mol. The van der Waals surface area contributed by atoms with Crippen LogP contribution in [0.2, 0.25) is 0 Å². The zero-order valence-corrected chi connectivity index (χ0v) is 10.9. The molecule has 92 valence electrons. The molecule has 18 heavy (non-hydrogen) atoms. The van der Waals surface area contributed by atoms with Crippen molar-refractivity contribution in [2.45, 2.75) is 19.9 Å². The molecule has 0 fully saturated rings. The number of pyridine rings is 1. The highest BCUT2D eigenvalue weighted by Crippen LogP contribution is 2.22. The highest BCUT2D eigenvalue weighted by molar-refractivity contribution is 7.71. The van der Waals surface area contributed by atoms with Crippen LogP contribution in [0, 0.1) is 11.7 Å². The number of oxazole rings is 1. The molecule has 0 aliphatic carbocycles. The first-order chi connectivity index (χ1) is 8.66. The van der Waals surface area contributed by atoms with E-state index >= 15 is 0 Å². The van der Waals surface area contributed by atoms with Crippen molar-refractivity contribution in [1.82, 2.24) is 19.5 Å². The Labute approximate surface area is 108 Å². The summed E-state index contributed by atoms with van der Waals surface area (Å²) in [5.41, 5.74) is 1.73. The number of imidazole rings is 1. The molecule has 3 aromatic heterocycles. The van der Waals surface area contributed by atoms with Gasteiger partial charge in [-0.1, -0.05) is 0 Å². The summed E-state index contributed by atoms with van der Waals surface area (Å²) in [6, 6.07) is 3.73. The van der Waals surface area contributed by atoms with Crippen LogP contribution < -0.4 is 0 Å². The summed E-state index contributed by atoms with van der Waals surface area (Å²) in [6.45, 7) is 3.86. The van der Waals surface area contributed by atoms with Crippen LogP contribution in [0.4, 0.5) is 0 Å². The molecule has 3 aromatic rings. The predicted molar refractivity (Wildman–Crippen MR) is 70.0 cm³/mol. The summed E-state index contributed by atoms with van der Waals surface area (Å²) in [7, 11) is 0. The molecule has 5 nitrogen and oxygen atoms in total. The number of aryl methyl sites for hydroxylation is 1. The first-order valence-corrected chi connectivity index (χ1v) is 6.05. The first kappa shape index (κ1) is 11.2. The Balaban J connectivity index is 2.19. The van der Waals surface area contributed by atoms with Gasteiger partial charge in [-0.25, -0.2) is 9.97 Å². The van der Waals surface area contributed by atoms with Crippen molar-refractivity contribution in [2.75, 3.05) is 0 Å². The van der Waals surface area contributed by atoms with Gasteiger partial charge >= 0.3 is 0 Å². The van der Waals surface area contributed by atoms with Crippen molar-refractivity contribution in [3.05, 3.63) is 40.9 Å². The molecular formula is C12H12N4OS. The van der Waals surface area contributed by atoms with Gasteiger partial charge in [0.05, 0.1) is 11.7 Å². The Bertz CT molecular complexity index is 755. The van der Waals surface area contributed by atoms with Crippen LogP contribution in [-0.4, -0.2) is 19.5 Å². The zero-order valence-electron chi connectivity index (χ0n) is 10.0. The smallest absolute Gasteiger partial charge is 0.217 e. The summed E-state index contributed by atoms with van der Waals surface area (Å²) >= 11 is 5.33. The Hall–Kier alpha value is -1.95. The Morgan fingerprint density at radius 2 is 2.28 bits per heavy atom. The minimum atomic E-state index is -0.0881. The number of H-pyrrole nitrogens is 1. The minimum absolute atomic E-state index is 0.0881. The van der Waals surface area contributed by atoms with Crippen LogP contribution >= 0.6 is 12.2 Å². The van der Waals surface area contributed by atoms with Gasteiger partial charge in [-0.2, -0.15) is 0 Å². The number of fused-ring (bicyclic) bond motifs is 1. The molecule has 3 rings (SSSR count). The van der Waals surface area contributed by atoms with Crippen LogP contribution in [0.3, 0.4) is 0 Å². The summed E-state index contributed by atoms with van der Waals surface area (Å²) < 4.78 is 8.08. The van der Waals surface area contributed by atoms with Gasteiger partial charge < -0.3 is 9.40 Å². The van der Waals surface area contributed by atoms with Gasteiger partial charge in [0.1, 0.15) is 11.8 Å². The van der Waals surface area contributed by atoms with E-state index in [4.69, 9.17) is 16.6 Å². The summed E-state index contributed by atoms with van der Waals surface area (Å²) in [6.07, 6.45) is 3.45. The van der Waals surface area contributed by atoms with Crippen molar-refractivity contribution >= 4 is 23.4 Å². The lowest BCUT2D eigenvalue weighted by atomic mass is 10.3. The van der Waals surface area contributed by atoms with E-state index in [2.05, 4.69) is 15.0 Å². The normalized spacial score (nSPS) is 13.0. The van der Waals surface area contributed by atoms with E-state index in [1.807, 2.05) is 30.5 Å². The second kappa shape index (κ2) is 4.06. The number of nitrogens with zero attached hydrogens (tertiary/aromatic N) is 3. The van der Waals surface area contributed by atoms with Crippen LogP contribution in [0.1, 0.15) is 24.6 Å². The van der Waals surface area contributed by atoms with E-state index in [9.17, 15) is 0 Å². The van der Waals surface area contributed by atoms with Gasteiger partial charge in [-0.15, -0.1) is 0 Å². The largest absolute Gasteiger partial charge is 0.444 e. The fourth-order valence-electron chi connectivity index (χ4n) is 1.99. The number of nitrogens with one attached hydrogen (secondary N) is 1. The molecule has 0 saturated heterocycles. The van der Waals surface area contributed by atoms with Gasteiger partial charge in [-0.05, 0) is 38.2 Å². The van der Waals surface area contributed by atoms with E-state index in [1.54, 1.807) is 12.4 Å². The molecular weight excluding hydrogens is 248 g/mol. The van der Waals surface area contributed by atoms with Crippen molar-refractivity contribution in [3.63, 3.8) is 0 Å². The number of hydrogen-bond donors (Lipinski definition) is 1. The molecule has 1 N–H and O–H groups in total. The van der Waals surface area contributed by atoms with Gasteiger partial charge in [0.15, 0.2) is 10.4 Å².